The van der Waals surface area contributed by atoms with Gasteiger partial charge in [-0.1, -0.05) is 17.3 Å². The summed E-state index contributed by atoms with van der Waals surface area (Å²) in [5.74, 6) is 0.494. The average molecular weight is 259 g/mol. The monoisotopic (exact) mass is 259 g/mol. The predicted octanol–water partition coefficient (Wildman–Crippen LogP) is 2.26. The molecule has 0 aliphatic heterocycles. The molecule has 0 saturated carbocycles. The standard InChI is InChI=1S/C12H9N3O2S/c1-8-4-2-6-15(11(8)16)12-13-10(14-17-12)9-5-3-7-18-9/h2-7H,1H3. The molecule has 3 heterocycles. The van der Waals surface area contributed by atoms with Gasteiger partial charge in [-0.15, -0.1) is 11.3 Å². The van der Waals surface area contributed by atoms with E-state index in [2.05, 4.69) is 10.1 Å². The maximum Gasteiger partial charge on any atom is 0.335 e. The average Bonchev–Trinajstić information content (AvgIpc) is 3.01. The normalized spacial score (nSPS) is 10.7. The summed E-state index contributed by atoms with van der Waals surface area (Å²) in [4.78, 5) is 17.0. The Balaban J connectivity index is 2.09. The third-order valence-electron chi connectivity index (χ3n) is 2.50. The van der Waals surface area contributed by atoms with Crippen LogP contribution in [0, 0.1) is 6.92 Å². The van der Waals surface area contributed by atoms with Crippen molar-refractivity contribution in [2.45, 2.75) is 6.92 Å². The van der Waals surface area contributed by atoms with Gasteiger partial charge in [-0.05, 0) is 24.4 Å². The second-order valence-corrected chi connectivity index (χ2v) is 4.69. The number of nitrogens with zero attached hydrogens (tertiary/aromatic N) is 3. The summed E-state index contributed by atoms with van der Waals surface area (Å²) in [6.07, 6.45) is 1.61. The number of aromatic nitrogens is 3. The van der Waals surface area contributed by atoms with Crippen LogP contribution in [0.4, 0.5) is 0 Å². The van der Waals surface area contributed by atoms with Gasteiger partial charge in [0.15, 0.2) is 0 Å². The van der Waals surface area contributed by atoms with Crippen LogP contribution in [-0.2, 0) is 0 Å². The number of aryl methyl sites for hydroxylation is 1. The fourth-order valence-corrected chi connectivity index (χ4v) is 2.22. The quantitative estimate of drug-likeness (QED) is 0.708. The van der Waals surface area contributed by atoms with E-state index in [4.69, 9.17) is 4.52 Å². The maximum atomic E-state index is 11.9. The molecule has 0 radical (unpaired) electrons. The highest BCUT2D eigenvalue weighted by molar-refractivity contribution is 7.13. The fraction of sp³-hybridized carbons (Fsp3) is 0.0833. The van der Waals surface area contributed by atoms with Gasteiger partial charge in [0.05, 0.1) is 4.88 Å². The van der Waals surface area contributed by atoms with Crippen molar-refractivity contribution in [1.29, 1.82) is 0 Å². The highest BCUT2D eigenvalue weighted by atomic mass is 32.1. The van der Waals surface area contributed by atoms with Crippen LogP contribution in [0.1, 0.15) is 5.56 Å². The third kappa shape index (κ3) is 1.76. The Morgan fingerprint density at radius 1 is 1.33 bits per heavy atom. The van der Waals surface area contributed by atoms with E-state index >= 15 is 0 Å². The van der Waals surface area contributed by atoms with E-state index in [-0.39, 0.29) is 11.6 Å². The number of pyridine rings is 1. The first kappa shape index (κ1) is 10.9. The van der Waals surface area contributed by atoms with Crippen molar-refractivity contribution in [3.63, 3.8) is 0 Å². The minimum absolute atomic E-state index is 0.154. The molecule has 0 atom stereocenters. The number of hydrogen-bond acceptors (Lipinski definition) is 5. The molecular formula is C12H9N3O2S. The molecule has 90 valence electrons. The Bertz CT molecular complexity index is 728. The summed E-state index contributed by atoms with van der Waals surface area (Å²) in [7, 11) is 0. The molecule has 6 heteroatoms. The highest BCUT2D eigenvalue weighted by Gasteiger charge is 2.12. The molecule has 3 rings (SSSR count). The second-order valence-electron chi connectivity index (χ2n) is 3.74. The lowest BCUT2D eigenvalue weighted by molar-refractivity contribution is 0.401. The Morgan fingerprint density at radius 3 is 3.00 bits per heavy atom. The van der Waals surface area contributed by atoms with Crippen LogP contribution in [0.25, 0.3) is 16.7 Å². The fourth-order valence-electron chi connectivity index (χ4n) is 1.57. The summed E-state index contributed by atoms with van der Waals surface area (Å²) >= 11 is 1.52. The maximum absolute atomic E-state index is 11.9. The molecule has 0 bridgehead atoms. The van der Waals surface area contributed by atoms with Gasteiger partial charge < -0.3 is 4.52 Å². The second kappa shape index (κ2) is 4.23. The SMILES string of the molecule is Cc1cccn(-c2nc(-c3cccs3)no2)c1=O. The number of rotatable bonds is 2. The molecule has 0 N–H and O–H groups in total. The van der Waals surface area contributed by atoms with Crippen molar-refractivity contribution in [3.05, 3.63) is 51.8 Å². The van der Waals surface area contributed by atoms with E-state index in [9.17, 15) is 4.79 Å². The smallest absolute Gasteiger partial charge is 0.314 e. The van der Waals surface area contributed by atoms with Crippen LogP contribution in [0.2, 0.25) is 0 Å². The lowest BCUT2D eigenvalue weighted by Gasteiger charge is -1.98. The van der Waals surface area contributed by atoms with Crippen molar-refractivity contribution >= 4 is 11.3 Å². The molecule has 0 amide bonds. The van der Waals surface area contributed by atoms with Crippen molar-refractivity contribution in [1.82, 2.24) is 14.7 Å². The summed E-state index contributed by atoms with van der Waals surface area (Å²) in [6.45, 7) is 1.75. The van der Waals surface area contributed by atoms with Crippen LogP contribution in [-0.4, -0.2) is 14.7 Å². The van der Waals surface area contributed by atoms with Gasteiger partial charge in [0.25, 0.3) is 5.56 Å². The molecule has 0 saturated heterocycles. The summed E-state index contributed by atoms with van der Waals surface area (Å²) in [5, 5.41) is 5.81. The largest absolute Gasteiger partial charge is 0.335 e. The van der Waals surface area contributed by atoms with Gasteiger partial charge in [0, 0.05) is 11.8 Å². The highest BCUT2D eigenvalue weighted by Crippen LogP contribution is 2.21. The first-order chi connectivity index (χ1) is 8.75. The minimum atomic E-state index is -0.154. The molecule has 18 heavy (non-hydrogen) atoms. The zero-order chi connectivity index (χ0) is 12.5. The van der Waals surface area contributed by atoms with Crippen LogP contribution < -0.4 is 5.56 Å². The van der Waals surface area contributed by atoms with E-state index in [1.807, 2.05) is 17.5 Å². The number of hydrogen-bond donors (Lipinski definition) is 0. The van der Waals surface area contributed by atoms with Crippen molar-refractivity contribution in [2.24, 2.45) is 0 Å². The van der Waals surface area contributed by atoms with Gasteiger partial charge in [0.2, 0.25) is 5.82 Å². The van der Waals surface area contributed by atoms with Gasteiger partial charge >= 0.3 is 6.01 Å². The lowest BCUT2D eigenvalue weighted by Crippen LogP contribution is -2.19. The van der Waals surface area contributed by atoms with Gasteiger partial charge in [-0.25, -0.2) is 4.57 Å². The van der Waals surface area contributed by atoms with E-state index in [0.29, 0.717) is 11.4 Å². The van der Waals surface area contributed by atoms with Crippen molar-refractivity contribution in [2.75, 3.05) is 0 Å². The Morgan fingerprint density at radius 2 is 2.22 bits per heavy atom. The van der Waals surface area contributed by atoms with Gasteiger partial charge in [0.1, 0.15) is 0 Å². The van der Waals surface area contributed by atoms with Crippen molar-refractivity contribution < 1.29 is 4.52 Å². The first-order valence-electron chi connectivity index (χ1n) is 5.32. The van der Waals surface area contributed by atoms with Gasteiger partial charge in [-0.3, -0.25) is 4.79 Å². The molecule has 5 nitrogen and oxygen atoms in total. The van der Waals surface area contributed by atoms with Crippen LogP contribution in [0.15, 0.2) is 45.2 Å². The zero-order valence-electron chi connectivity index (χ0n) is 9.53. The van der Waals surface area contributed by atoms with E-state index in [1.165, 1.54) is 15.9 Å². The van der Waals surface area contributed by atoms with E-state index in [0.717, 1.165) is 4.88 Å². The lowest BCUT2D eigenvalue weighted by atomic mass is 10.3. The first-order valence-corrected chi connectivity index (χ1v) is 6.20. The Kier molecular flexibility index (Phi) is 2.56. The van der Waals surface area contributed by atoms with Crippen LogP contribution >= 0.6 is 11.3 Å². The molecule has 0 unspecified atom stereocenters. The summed E-state index contributed by atoms with van der Waals surface area (Å²) in [6, 6.07) is 7.51. The predicted molar refractivity (Wildman–Crippen MR) is 67.9 cm³/mol. The Hall–Kier alpha value is -2.21. The molecule has 3 aromatic rings. The molecule has 0 aliphatic carbocycles. The summed E-state index contributed by atoms with van der Waals surface area (Å²) in [5.41, 5.74) is 0.479. The molecule has 3 aromatic heterocycles. The van der Waals surface area contributed by atoms with Crippen molar-refractivity contribution in [3.8, 4) is 16.7 Å². The third-order valence-corrected chi connectivity index (χ3v) is 3.37. The Labute approximate surface area is 106 Å². The van der Waals surface area contributed by atoms with E-state index < -0.39 is 0 Å². The number of thiophene rings is 1. The molecule has 0 fully saturated rings. The van der Waals surface area contributed by atoms with Crippen LogP contribution in [0.3, 0.4) is 0 Å². The molecule has 0 aliphatic rings. The zero-order valence-corrected chi connectivity index (χ0v) is 10.3. The summed E-state index contributed by atoms with van der Waals surface area (Å²) < 4.78 is 6.47. The van der Waals surface area contributed by atoms with Crippen LogP contribution in [0.5, 0.6) is 0 Å². The molecule has 0 aromatic carbocycles. The molecule has 0 spiro atoms. The topological polar surface area (TPSA) is 60.9 Å². The van der Waals surface area contributed by atoms with Gasteiger partial charge in [-0.2, -0.15) is 4.98 Å². The van der Waals surface area contributed by atoms with E-state index in [1.54, 1.807) is 25.3 Å². The minimum Gasteiger partial charge on any atom is -0.314 e. The molecular weight excluding hydrogens is 250 g/mol.